The van der Waals surface area contributed by atoms with Crippen LogP contribution in [0.3, 0.4) is 0 Å². The van der Waals surface area contributed by atoms with Crippen LogP contribution in [-0.4, -0.2) is 41.3 Å². The van der Waals surface area contributed by atoms with Crippen molar-refractivity contribution in [1.82, 2.24) is 15.1 Å². The van der Waals surface area contributed by atoms with Crippen molar-refractivity contribution in [1.29, 1.82) is 0 Å². The van der Waals surface area contributed by atoms with Gasteiger partial charge in [-0.2, -0.15) is 5.10 Å². The minimum Gasteiger partial charge on any atom is -0.478 e. The van der Waals surface area contributed by atoms with Crippen molar-refractivity contribution in [2.75, 3.05) is 25.9 Å². The van der Waals surface area contributed by atoms with Crippen molar-refractivity contribution in [3.05, 3.63) is 11.8 Å². The summed E-state index contributed by atoms with van der Waals surface area (Å²) >= 11 is 0. The molecule has 18 heavy (non-hydrogen) atoms. The molecule has 0 aromatic carbocycles. The zero-order valence-corrected chi connectivity index (χ0v) is 11.4. The molecule has 2 N–H and O–H groups in total. The molecular formula is C13H22N4O. The molecule has 1 aromatic rings. The lowest BCUT2D eigenvalue weighted by atomic mass is 9.92. The van der Waals surface area contributed by atoms with E-state index < -0.39 is 0 Å². The number of nitrogen functional groups attached to an aromatic ring is 1. The van der Waals surface area contributed by atoms with Crippen molar-refractivity contribution in [3.63, 3.8) is 0 Å². The fraction of sp³-hybridized carbons (Fsp3) is 0.692. The molecule has 1 saturated heterocycles. The molecule has 1 aliphatic heterocycles. The number of hydrogen-bond donors (Lipinski definition) is 1. The number of ether oxygens (including phenoxy) is 1. The Bertz CT molecular complexity index is 400. The Labute approximate surface area is 108 Å². The van der Waals surface area contributed by atoms with Gasteiger partial charge < -0.3 is 15.4 Å². The van der Waals surface area contributed by atoms with Gasteiger partial charge in [0.2, 0.25) is 0 Å². The number of anilines is 1. The minimum atomic E-state index is 0.415. The van der Waals surface area contributed by atoms with Crippen molar-refractivity contribution in [2.24, 2.45) is 0 Å². The number of nitrogens with zero attached hydrogens (tertiary/aromatic N) is 3. The number of likely N-dealkylation sites (tertiary alicyclic amines) is 1. The molecule has 0 aliphatic carbocycles. The van der Waals surface area contributed by atoms with E-state index in [2.05, 4.69) is 28.9 Å². The molecule has 1 aliphatic rings. The molecule has 0 bridgehead atoms. The van der Waals surface area contributed by atoms with E-state index in [-0.39, 0.29) is 0 Å². The Morgan fingerprint density at radius 1 is 1.33 bits per heavy atom. The first kappa shape index (κ1) is 13.1. The lowest BCUT2D eigenvalue weighted by molar-refractivity contribution is 0.170. The van der Waals surface area contributed by atoms with E-state index >= 15 is 0 Å². The van der Waals surface area contributed by atoms with Gasteiger partial charge in [-0.05, 0) is 45.8 Å². The molecule has 0 saturated carbocycles. The average Bonchev–Trinajstić information content (AvgIpc) is 2.38. The molecule has 0 spiro atoms. The fourth-order valence-corrected chi connectivity index (χ4v) is 2.48. The van der Waals surface area contributed by atoms with Crippen LogP contribution in [0.1, 0.15) is 38.3 Å². The van der Waals surface area contributed by atoms with Gasteiger partial charge in [-0.25, -0.2) is 0 Å². The van der Waals surface area contributed by atoms with E-state index in [9.17, 15) is 0 Å². The van der Waals surface area contributed by atoms with E-state index in [0.29, 0.717) is 23.5 Å². The first-order chi connectivity index (χ1) is 8.61. The highest BCUT2D eigenvalue weighted by atomic mass is 16.5. The van der Waals surface area contributed by atoms with Crippen LogP contribution in [0.25, 0.3) is 0 Å². The van der Waals surface area contributed by atoms with Gasteiger partial charge >= 0.3 is 0 Å². The third-order valence-corrected chi connectivity index (χ3v) is 3.68. The van der Waals surface area contributed by atoms with Crippen LogP contribution in [-0.2, 0) is 0 Å². The molecule has 0 unspecified atom stereocenters. The molecule has 5 heteroatoms. The summed E-state index contributed by atoms with van der Waals surface area (Å²) in [6.45, 7) is 6.73. The van der Waals surface area contributed by atoms with Crippen LogP contribution in [0.2, 0.25) is 0 Å². The van der Waals surface area contributed by atoms with Gasteiger partial charge in [-0.15, -0.1) is 5.10 Å². The largest absolute Gasteiger partial charge is 0.478 e. The van der Waals surface area contributed by atoms with Gasteiger partial charge in [0, 0.05) is 12.0 Å². The predicted molar refractivity (Wildman–Crippen MR) is 71.7 cm³/mol. The topological polar surface area (TPSA) is 64.3 Å². The SMILES string of the molecule is COc1nnc(C2CCN(C(C)C)CC2)cc1N. The summed E-state index contributed by atoms with van der Waals surface area (Å²) in [4.78, 5) is 2.50. The van der Waals surface area contributed by atoms with E-state index in [1.54, 1.807) is 7.11 Å². The molecule has 2 heterocycles. The first-order valence-corrected chi connectivity index (χ1v) is 6.53. The van der Waals surface area contributed by atoms with Crippen molar-refractivity contribution < 1.29 is 4.74 Å². The highest BCUT2D eigenvalue weighted by Gasteiger charge is 2.23. The molecule has 100 valence electrons. The summed E-state index contributed by atoms with van der Waals surface area (Å²) in [5, 5.41) is 8.25. The van der Waals surface area contributed by atoms with E-state index in [1.165, 1.54) is 0 Å². The summed E-state index contributed by atoms with van der Waals surface area (Å²) in [6.07, 6.45) is 2.25. The van der Waals surface area contributed by atoms with E-state index in [4.69, 9.17) is 10.5 Å². The monoisotopic (exact) mass is 250 g/mol. The van der Waals surface area contributed by atoms with Gasteiger partial charge in [0.05, 0.1) is 18.5 Å². The lowest BCUT2D eigenvalue weighted by Crippen LogP contribution is -2.38. The second-order valence-electron chi connectivity index (χ2n) is 5.14. The second kappa shape index (κ2) is 5.52. The van der Waals surface area contributed by atoms with Crippen LogP contribution >= 0.6 is 0 Å². The van der Waals surface area contributed by atoms with Crippen LogP contribution < -0.4 is 10.5 Å². The smallest absolute Gasteiger partial charge is 0.256 e. The maximum absolute atomic E-state index is 5.88. The predicted octanol–water partition coefficient (Wildman–Crippen LogP) is 1.66. The molecule has 5 nitrogen and oxygen atoms in total. The Hall–Kier alpha value is -1.36. The lowest BCUT2D eigenvalue weighted by Gasteiger charge is -2.34. The van der Waals surface area contributed by atoms with Crippen molar-refractivity contribution >= 4 is 5.69 Å². The summed E-state index contributed by atoms with van der Waals surface area (Å²) in [5.74, 6) is 0.888. The van der Waals surface area contributed by atoms with Crippen LogP contribution in [0, 0.1) is 0 Å². The summed E-state index contributed by atoms with van der Waals surface area (Å²) < 4.78 is 5.03. The third kappa shape index (κ3) is 2.72. The van der Waals surface area contributed by atoms with Crippen molar-refractivity contribution in [3.8, 4) is 5.88 Å². The quantitative estimate of drug-likeness (QED) is 0.883. The maximum atomic E-state index is 5.88. The van der Waals surface area contributed by atoms with Crippen molar-refractivity contribution in [2.45, 2.75) is 38.6 Å². The molecule has 1 fully saturated rings. The Balaban J connectivity index is 2.03. The number of aromatic nitrogens is 2. The number of nitrogens with two attached hydrogens (primary N) is 1. The Morgan fingerprint density at radius 3 is 2.50 bits per heavy atom. The molecule has 0 atom stereocenters. The Morgan fingerprint density at radius 2 is 2.00 bits per heavy atom. The van der Waals surface area contributed by atoms with Crippen LogP contribution in [0.4, 0.5) is 5.69 Å². The van der Waals surface area contributed by atoms with Gasteiger partial charge in [0.15, 0.2) is 0 Å². The number of piperidine rings is 1. The van der Waals surface area contributed by atoms with Crippen LogP contribution in [0.5, 0.6) is 5.88 Å². The zero-order chi connectivity index (χ0) is 13.1. The average molecular weight is 250 g/mol. The molecule has 1 aromatic heterocycles. The van der Waals surface area contributed by atoms with Crippen LogP contribution in [0.15, 0.2) is 6.07 Å². The van der Waals surface area contributed by atoms with E-state index in [1.807, 2.05) is 6.07 Å². The molecule has 2 rings (SSSR count). The summed E-state index contributed by atoms with van der Waals surface area (Å²) in [7, 11) is 1.56. The highest BCUT2D eigenvalue weighted by molar-refractivity contribution is 5.48. The summed E-state index contributed by atoms with van der Waals surface area (Å²) in [6, 6.07) is 2.53. The standard InChI is InChI=1S/C13H22N4O/c1-9(2)17-6-4-10(5-7-17)12-8-11(14)13(18-3)16-15-12/h8-10H,4-7H2,1-3H3,(H2,14,15). The second-order valence-corrected chi connectivity index (χ2v) is 5.14. The minimum absolute atomic E-state index is 0.415. The van der Waals surface area contributed by atoms with Gasteiger partial charge in [0.25, 0.3) is 5.88 Å². The van der Waals surface area contributed by atoms with Gasteiger partial charge in [-0.1, -0.05) is 0 Å². The van der Waals surface area contributed by atoms with E-state index in [0.717, 1.165) is 31.6 Å². The third-order valence-electron chi connectivity index (χ3n) is 3.68. The number of hydrogen-bond acceptors (Lipinski definition) is 5. The Kier molecular flexibility index (Phi) is 4.01. The molecular weight excluding hydrogens is 228 g/mol. The molecule has 0 amide bonds. The highest BCUT2D eigenvalue weighted by Crippen LogP contribution is 2.29. The normalized spacial score (nSPS) is 18.2. The molecule has 0 radical (unpaired) electrons. The fourth-order valence-electron chi connectivity index (χ4n) is 2.48. The van der Waals surface area contributed by atoms with Gasteiger partial charge in [0.1, 0.15) is 0 Å². The first-order valence-electron chi connectivity index (χ1n) is 6.53. The number of methoxy groups -OCH3 is 1. The number of rotatable bonds is 3. The summed E-state index contributed by atoms with van der Waals surface area (Å²) in [5.41, 5.74) is 7.45. The maximum Gasteiger partial charge on any atom is 0.256 e. The zero-order valence-electron chi connectivity index (χ0n) is 11.4. The van der Waals surface area contributed by atoms with Gasteiger partial charge in [-0.3, -0.25) is 0 Å².